The van der Waals surface area contributed by atoms with E-state index in [0.717, 1.165) is 66.8 Å². The third kappa shape index (κ3) is 8.94. The van der Waals surface area contributed by atoms with Crippen LogP contribution in [0.15, 0.2) is 199 Å². The summed E-state index contributed by atoms with van der Waals surface area (Å²) in [5.41, 5.74) is 49.0. The highest BCUT2D eigenvalue weighted by Crippen LogP contribution is 2.64. The third-order valence-electron chi connectivity index (χ3n) is 14.9. The number of anilines is 6. The van der Waals surface area contributed by atoms with E-state index in [1.165, 1.54) is 0 Å². The zero-order valence-electron chi connectivity index (χ0n) is 41.1. The zero-order chi connectivity index (χ0) is 50.5. The molecule has 0 radical (unpaired) electrons. The first-order valence-corrected chi connectivity index (χ1v) is 25.3. The zero-order valence-corrected chi connectivity index (χ0v) is 42.0. The predicted molar refractivity (Wildman–Crippen MR) is 295 cm³/mol. The van der Waals surface area contributed by atoms with E-state index in [2.05, 4.69) is 39.0 Å². The summed E-state index contributed by atoms with van der Waals surface area (Å²) in [7, 11) is -4.88. The summed E-state index contributed by atoms with van der Waals surface area (Å²) in [6.45, 7) is 12.3. The summed E-state index contributed by atoms with van der Waals surface area (Å²) in [5.74, 6) is 0. The minimum absolute atomic E-state index is 0.603. The molecule has 10 nitrogen and oxygen atoms in total. The van der Waals surface area contributed by atoms with E-state index >= 15 is 4.57 Å². The smallest absolute Gasteiger partial charge is 0.399 e. The molecule has 0 amide bonds. The van der Waals surface area contributed by atoms with Crippen LogP contribution >= 0.6 is 7.82 Å². The maximum atomic E-state index is 17.3. The molecule has 3 aliphatic carbocycles. The molecule has 11 heteroatoms. The van der Waals surface area contributed by atoms with Crippen molar-refractivity contribution in [3.8, 4) is 0 Å². The largest absolute Gasteiger partial charge is 0.476 e. The SMILES string of the molecule is CC1=CC=C(c2ccc(N)cc2)C(C)(c2ccc(N)cc2)C1OP(=O)(OC1C(C)=CC=C(c2ccc(N)cc2)C1(C)c1ccc(N)cc1)OC1C(C)=CC=C(c2ccc(N)cc2)C1(C)c1ccc(N)cc1. The van der Waals surface area contributed by atoms with Gasteiger partial charge in [0.1, 0.15) is 18.3 Å². The molecule has 0 saturated heterocycles. The van der Waals surface area contributed by atoms with Crippen molar-refractivity contribution in [1.82, 2.24) is 0 Å². The van der Waals surface area contributed by atoms with Gasteiger partial charge in [-0.15, -0.1) is 0 Å². The average molecular weight is 963 g/mol. The fourth-order valence-electron chi connectivity index (χ4n) is 10.8. The Bertz CT molecular complexity index is 2870. The molecule has 6 aromatic carbocycles. The van der Waals surface area contributed by atoms with E-state index in [1.807, 2.05) is 185 Å². The van der Waals surface area contributed by atoms with Crippen LogP contribution in [0.1, 0.15) is 74.9 Å². The van der Waals surface area contributed by atoms with Crippen LogP contribution in [0.5, 0.6) is 0 Å². The van der Waals surface area contributed by atoms with Crippen molar-refractivity contribution in [3.63, 3.8) is 0 Å². The van der Waals surface area contributed by atoms with Crippen LogP contribution in [-0.2, 0) is 34.4 Å². The fourth-order valence-corrected chi connectivity index (χ4v) is 12.9. The van der Waals surface area contributed by atoms with Crippen LogP contribution in [0, 0.1) is 0 Å². The van der Waals surface area contributed by atoms with Gasteiger partial charge in [0.05, 0.1) is 0 Å². The van der Waals surface area contributed by atoms with E-state index in [0.29, 0.717) is 34.1 Å². The first-order chi connectivity index (χ1) is 33.8. The average Bonchev–Trinajstić information content (AvgIpc) is 3.35. The van der Waals surface area contributed by atoms with E-state index in [1.54, 1.807) is 0 Å². The molecule has 362 valence electrons. The van der Waals surface area contributed by atoms with Crippen molar-refractivity contribution in [2.45, 2.75) is 76.1 Å². The standard InChI is InChI=1S/C60H63N6O4P/c1-37-7-34-52(40-10-22-46(61)23-11-40)58(4,43-16-28-49(64)29-17-43)55(37)68-71(67,69-56-38(2)8-35-53(41-12-24-47(62)25-13-41)59(56,5)44-18-30-50(65)31-19-44)70-57-39(3)9-36-54(42-14-26-48(63)27-15-42)60(57,6)45-20-32-51(66)33-21-45/h7-36,55-57H,61-66H2,1-6H3. The summed E-state index contributed by atoms with van der Waals surface area (Å²) in [4.78, 5) is 0. The van der Waals surface area contributed by atoms with Crippen LogP contribution < -0.4 is 34.4 Å². The van der Waals surface area contributed by atoms with Gasteiger partial charge in [-0.25, -0.2) is 4.57 Å². The highest BCUT2D eigenvalue weighted by atomic mass is 31.2. The minimum atomic E-state index is -4.88. The first kappa shape index (κ1) is 48.7. The van der Waals surface area contributed by atoms with Gasteiger partial charge >= 0.3 is 7.82 Å². The van der Waals surface area contributed by atoms with Crippen molar-refractivity contribution in [3.05, 3.63) is 232 Å². The lowest BCUT2D eigenvalue weighted by atomic mass is 9.65. The lowest BCUT2D eigenvalue weighted by Gasteiger charge is -2.48. The summed E-state index contributed by atoms with van der Waals surface area (Å²) in [5, 5.41) is 0. The molecule has 0 bridgehead atoms. The van der Waals surface area contributed by atoms with Gasteiger partial charge in [-0.2, -0.15) is 0 Å². The summed E-state index contributed by atoms with van der Waals surface area (Å²) < 4.78 is 39.7. The second kappa shape index (κ2) is 18.8. The maximum absolute atomic E-state index is 17.3. The third-order valence-corrected chi connectivity index (χ3v) is 16.3. The molecule has 0 aromatic heterocycles. The van der Waals surface area contributed by atoms with Crippen LogP contribution in [0.2, 0.25) is 0 Å². The monoisotopic (exact) mass is 962 g/mol. The van der Waals surface area contributed by atoms with E-state index < -0.39 is 42.4 Å². The van der Waals surface area contributed by atoms with Gasteiger partial charge in [0.2, 0.25) is 0 Å². The highest BCUT2D eigenvalue weighted by Gasteiger charge is 2.55. The number of benzene rings is 6. The molecule has 6 unspecified atom stereocenters. The Labute approximate surface area is 417 Å². The lowest BCUT2D eigenvalue weighted by Crippen LogP contribution is -2.46. The summed E-state index contributed by atoms with van der Waals surface area (Å²) in [6, 6.07) is 46.4. The number of hydrogen-bond acceptors (Lipinski definition) is 10. The Balaban J connectivity index is 1.26. The molecule has 6 aromatic rings. The van der Waals surface area contributed by atoms with Gasteiger partial charge in [-0.1, -0.05) is 109 Å². The molecule has 0 aliphatic heterocycles. The molecule has 12 N–H and O–H groups in total. The van der Waals surface area contributed by atoms with Gasteiger partial charge in [0, 0.05) is 50.4 Å². The second-order valence-electron chi connectivity index (χ2n) is 19.7. The van der Waals surface area contributed by atoms with Crippen LogP contribution in [0.25, 0.3) is 16.7 Å². The van der Waals surface area contributed by atoms with Crippen LogP contribution in [-0.4, -0.2) is 18.3 Å². The van der Waals surface area contributed by atoms with Gasteiger partial charge < -0.3 is 34.4 Å². The molecule has 0 heterocycles. The van der Waals surface area contributed by atoms with E-state index in [-0.39, 0.29) is 0 Å². The number of rotatable bonds is 12. The number of nitrogen functional groups attached to an aromatic ring is 6. The highest BCUT2D eigenvalue weighted by molar-refractivity contribution is 7.48. The molecule has 6 atom stereocenters. The predicted octanol–water partition coefficient (Wildman–Crippen LogP) is 12.7. The quantitative estimate of drug-likeness (QED) is 0.0506. The van der Waals surface area contributed by atoms with Gasteiger partial charge in [-0.3, -0.25) is 13.6 Å². The number of nitrogens with two attached hydrogens (primary N) is 6. The van der Waals surface area contributed by atoms with Crippen molar-refractivity contribution < 1.29 is 18.1 Å². The Kier molecular flexibility index (Phi) is 12.9. The molecular weight excluding hydrogens is 900 g/mol. The molecule has 9 rings (SSSR count). The number of hydrogen-bond donors (Lipinski definition) is 6. The maximum Gasteiger partial charge on any atom is 0.476 e. The molecule has 0 fully saturated rings. The molecule has 3 aliphatic rings. The van der Waals surface area contributed by atoms with Gasteiger partial charge in [0.15, 0.2) is 0 Å². The number of phosphoric ester groups is 1. The Morgan fingerprint density at radius 3 is 0.746 bits per heavy atom. The van der Waals surface area contributed by atoms with Crippen molar-refractivity contribution >= 4 is 58.7 Å². The number of phosphoric acid groups is 1. The van der Waals surface area contributed by atoms with Crippen LogP contribution in [0.4, 0.5) is 34.1 Å². The van der Waals surface area contributed by atoms with E-state index in [9.17, 15) is 0 Å². The molecule has 0 saturated carbocycles. The summed E-state index contributed by atoms with van der Waals surface area (Å²) >= 11 is 0. The van der Waals surface area contributed by atoms with Crippen molar-refractivity contribution in [2.24, 2.45) is 0 Å². The first-order valence-electron chi connectivity index (χ1n) is 23.8. The van der Waals surface area contributed by atoms with Crippen molar-refractivity contribution in [2.75, 3.05) is 34.4 Å². The Morgan fingerprint density at radius 2 is 0.535 bits per heavy atom. The second-order valence-corrected chi connectivity index (χ2v) is 21.2. The fraction of sp³-hybridized carbons (Fsp3) is 0.200. The minimum Gasteiger partial charge on any atom is -0.399 e. The van der Waals surface area contributed by atoms with Gasteiger partial charge in [-0.05, 0) is 181 Å². The Morgan fingerprint density at radius 1 is 0.338 bits per heavy atom. The summed E-state index contributed by atoms with van der Waals surface area (Å²) in [6.07, 6.45) is 9.56. The van der Waals surface area contributed by atoms with Crippen molar-refractivity contribution in [1.29, 1.82) is 0 Å². The number of allylic oxidation sites excluding steroid dienone is 6. The molecule has 71 heavy (non-hydrogen) atoms. The lowest BCUT2D eigenvalue weighted by molar-refractivity contribution is 0.0201. The van der Waals surface area contributed by atoms with E-state index in [4.69, 9.17) is 48.0 Å². The molecular formula is C60H63N6O4P. The topological polar surface area (TPSA) is 201 Å². The normalized spacial score (nSPS) is 25.1. The molecule has 0 spiro atoms. The van der Waals surface area contributed by atoms with Crippen LogP contribution in [0.3, 0.4) is 0 Å². The van der Waals surface area contributed by atoms with Gasteiger partial charge in [0.25, 0.3) is 0 Å². The Hall–Kier alpha value is -7.33.